The highest BCUT2D eigenvalue weighted by molar-refractivity contribution is 5.76. The van der Waals surface area contributed by atoms with Crippen molar-refractivity contribution in [2.45, 2.75) is 25.4 Å². The summed E-state index contributed by atoms with van der Waals surface area (Å²) in [5, 5.41) is 20.0. The lowest BCUT2D eigenvalue weighted by atomic mass is 10.2. The number of amides is 1. The Morgan fingerprint density at radius 1 is 1.40 bits per heavy atom. The highest BCUT2D eigenvalue weighted by Crippen LogP contribution is 1.95. The SMILES string of the molecule is COCC(O)CNC(=O)CCCC(=O)O. The molecule has 6 nitrogen and oxygen atoms in total. The molecular formula is C9H17NO5. The summed E-state index contributed by atoms with van der Waals surface area (Å²) in [6.45, 7) is 0.287. The molecule has 1 atom stereocenters. The van der Waals surface area contributed by atoms with Gasteiger partial charge in [-0.2, -0.15) is 0 Å². The molecule has 15 heavy (non-hydrogen) atoms. The van der Waals surface area contributed by atoms with Crippen molar-refractivity contribution in [3.63, 3.8) is 0 Å². The van der Waals surface area contributed by atoms with Crippen LogP contribution < -0.4 is 5.32 Å². The number of hydrogen-bond acceptors (Lipinski definition) is 4. The number of carboxylic acid groups (broad SMARTS) is 1. The quantitative estimate of drug-likeness (QED) is 0.505. The fraction of sp³-hybridized carbons (Fsp3) is 0.778. The maximum Gasteiger partial charge on any atom is 0.303 e. The lowest BCUT2D eigenvalue weighted by Gasteiger charge is -2.10. The molecule has 88 valence electrons. The molecule has 1 unspecified atom stereocenters. The van der Waals surface area contributed by atoms with E-state index in [1.165, 1.54) is 7.11 Å². The van der Waals surface area contributed by atoms with Crippen LogP contribution in [0, 0.1) is 0 Å². The fourth-order valence-corrected chi connectivity index (χ4v) is 0.972. The monoisotopic (exact) mass is 219 g/mol. The molecule has 0 bridgehead atoms. The van der Waals surface area contributed by atoms with Gasteiger partial charge in [-0.1, -0.05) is 0 Å². The Balaban J connectivity index is 3.44. The molecule has 0 aromatic carbocycles. The minimum absolute atomic E-state index is 0.0198. The summed E-state index contributed by atoms with van der Waals surface area (Å²) >= 11 is 0. The molecule has 1 amide bonds. The zero-order valence-corrected chi connectivity index (χ0v) is 8.73. The molecule has 0 radical (unpaired) electrons. The third-order valence-corrected chi connectivity index (χ3v) is 1.69. The first-order valence-electron chi connectivity index (χ1n) is 4.71. The van der Waals surface area contributed by atoms with Gasteiger partial charge in [-0.05, 0) is 6.42 Å². The van der Waals surface area contributed by atoms with Crippen LogP contribution >= 0.6 is 0 Å². The van der Waals surface area contributed by atoms with E-state index in [2.05, 4.69) is 10.1 Å². The predicted molar refractivity (Wildman–Crippen MR) is 52.4 cm³/mol. The Morgan fingerprint density at radius 2 is 2.07 bits per heavy atom. The minimum Gasteiger partial charge on any atom is -0.481 e. The van der Waals surface area contributed by atoms with Gasteiger partial charge in [-0.3, -0.25) is 9.59 Å². The molecule has 0 saturated heterocycles. The Hall–Kier alpha value is -1.14. The van der Waals surface area contributed by atoms with Gasteiger partial charge >= 0.3 is 5.97 Å². The van der Waals surface area contributed by atoms with Gasteiger partial charge in [0.1, 0.15) is 0 Å². The van der Waals surface area contributed by atoms with Crippen molar-refractivity contribution in [2.75, 3.05) is 20.3 Å². The highest BCUT2D eigenvalue weighted by Gasteiger charge is 2.07. The normalized spacial score (nSPS) is 12.1. The number of nitrogens with one attached hydrogen (secondary N) is 1. The van der Waals surface area contributed by atoms with Crippen LogP contribution in [0.15, 0.2) is 0 Å². The number of rotatable bonds is 8. The van der Waals surface area contributed by atoms with Crippen LogP contribution in [0.25, 0.3) is 0 Å². The molecule has 0 aromatic rings. The molecule has 0 fully saturated rings. The zero-order valence-electron chi connectivity index (χ0n) is 8.73. The Morgan fingerprint density at radius 3 is 2.60 bits per heavy atom. The van der Waals surface area contributed by atoms with E-state index in [1.54, 1.807) is 0 Å². The Kier molecular flexibility index (Phi) is 7.57. The predicted octanol–water partition coefficient (Wildman–Crippen LogP) is -0.635. The van der Waals surface area contributed by atoms with E-state index in [0.29, 0.717) is 6.42 Å². The molecule has 3 N–H and O–H groups in total. The largest absolute Gasteiger partial charge is 0.481 e. The number of aliphatic carboxylic acids is 1. The summed E-state index contributed by atoms with van der Waals surface area (Å²) in [6, 6.07) is 0. The molecule has 0 spiro atoms. The van der Waals surface area contributed by atoms with Crippen LogP contribution in [0.2, 0.25) is 0 Å². The van der Waals surface area contributed by atoms with E-state index in [9.17, 15) is 14.7 Å². The smallest absolute Gasteiger partial charge is 0.303 e. The second-order valence-electron chi connectivity index (χ2n) is 3.16. The average molecular weight is 219 g/mol. The van der Waals surface area contributed by atoms with Gasteiger partial charge in [0.2, 0.25) is 5.91 Å². The van der Waals surface area contributed by atoms with E-state index in [4.69, 9.17) is 5.11 Å². The van der Waals surface area contributed by atoms with Crippen molar-refractivity contribution >= 4 is 11.9 Å². The standard InChI is InChI=1S/C9H17NO5/c1-15-6-7(11)5-10-8(12)3-2-4-9(13)14/h7,11H,2-6H2,1H3,(H,10,12)(H,13,14). The van der Waals surface area contributed by atoms with Crippen molar-refractivity contribution in [3.8, 4) is 0 Å². The Bertz CT molecular complexity index is 207. The van der Waals surface area contributed by atoms with Crippen LogP contribution in [0.3, 0.4) is 0 Å². The van der Waals surface area contributed by atoms with Gasteiger partial charge < -0.3 is 20.3 Å². The molecule has 0 aliphatic carbocycles. The van der Waals surface area contributed by atoms with E-state index in [1.807, 2.05) is 0 Å². The van der Waals surface area contributed by atoms with Crippen molar-refractivity contribution < 1.29 is 24.5 Å². The number of hydrogen-bond donors (Lipinski definition) is 3. The lowest BCUT2D eigenvalue weighted by molar-refractivity contribution is -0.137. The summed E-state index contributed by atoms with van der Waals surface area (Å²) in [7, 11) is 1.46. The van der Waals surface area contributed by atoms with E-state index in [-0.39, 0.29) is 31.9 Å². The molecule has 0 aliphatic rings. The molecular weight excluding hydrogens is 202 g/mol. The summed E-state index contributed by atoms with van der Waals surface area (Å²) in [6.07, 6.45) is -0.278. The van der Waals surface area contributed by atoms with Crippen molar-refractivity contribution in [2.24, 2.45) is 0 Å². The number of methoxy groups -OCH3 is 1. The van der Waals surface area contributed by atoms with Gasteiger partial charge in [-0.25, -0.2) is 0 Å². The zero-order chi connectivity index (χ0) is 11.7. The van der Waals surface area contributed by atoms with Crippen LogP contribution in [0.4, 0.5) is 0 Å². The number of carbonyl (C=O) groups excluding carboxylic acids is 1. The van der Waals surface area contributed by atoms with Gasteiger partial charge in [-0.15, -0.1) is 0 Å². The van der Waals surface area contributed by atoms with E-state index < -0.39 is 12.1 Å². The topological polar surface area (TPSA) is 95.9 Å². The molecule has 0 heterocycles. The van der Waals surface area contributed by atoms with Crippen molar-refractivity contribution in [1.82, 2.24) is 5.32 Å². The number of carboxylic acids is 1. The number of aliphatic hydroxyl groups is 1. The summed E-state index contributed by atoms with van der Waals surface area (Å²) in [5.74, 6) is -1.17. The summed E-state index contributed by atoms with van der Waals surface area (Å²) in [5.41, 5.74) is 0. The first-order chi connectivity index (χ1) is 7.06. The van der Waals surface area contributed by atoms with Crippen molar-refractivity contribution in [3.05, 3.63) is 0 Å². The maximum absolute atomic E-state index is 11.1. The number of ether oxygens (including phenoxy) is 1. The second-order valence-corrected chi connectivity index (χ2v) is 3.16. The maximum atomic E-state index is 11.1. The third kappa shape index (κ3) is 9.17. The first-order valence-corrected chi connectivity index (χ1v) is 4.71. The summed E-state index contributed by atoms with van der Waals surface area (Å²) < 4.78 is 4.67. The minimum atomic E-state index is -0.915. The van der Waals surface area contributed by atoms with E-state index in [0.717, 1.165) is 0 Å². The van der Waals surface area contributed by atoms with Gasteiger partial charge in [0.15, 0.2) is 0 Å². The third-order valence-electron chi connectivity index (χ3n) is 1.69. The first kappa shape index (κ1) is 13.9. The Labute approximate surface area is 88.2 Å². The fourth-order valence-electron chi connectivity index (χ4n) is 0.972. The van der Waals surface area contributed by atoms with Gasteiger partial charge in [0.05, 0.1) is 12.7 Å². The highest BCUT2D eigenvalue weighted by atomic mass is 16.5. The van der Waals surface area contributed by atoms with Gasteiger partial charge in [0.25, 0.3) is 0 Å². The van der Waals surface area contributed by atoms with Crippen LogP contribution in [0.5, 0.6) is 0 Å². The molecule has 0 aromatic heterocycles. The second kappa shape index (κ2) is 8.19. The molecule has 0 saturated carbocycles. The van der Waals surface area contributed by atoms with E-state index >= 15 is 0 Å². The molecule has 6 heteroatoms. The molecule has 0 rings (SSSR count). The average Bonchev–Trinajstić information content (AvgIpc) is 2.14. The van der Waals surface area contributed by atoms with Gasteiger partial charge in [0, 0.05) is 26.5 Å². The number of carbonyl (C=O) groups is 2. The van der Waals surface area contributed by atoms with Crippen LogP contribution in [0.1, 0.15) is 19.3 Å². The lowest BCUT2D eigenvalue weighted by Crippen LogP contribution is -2.34. The summed E-state index contributed by atoms with van der Waals surface area (Å²) in [4.78, 5) is 21.2. The molecule has 0 aliphatic heterocycles. The van der Waals surface area contributed by atoms with Crippen LogP contribution in [-0.4, -0.2) is 48.5 Å². The van der Waals surface area contributed by atoms with Crippen LogP contribution in [-0.2, 0) is 14.3 Å². The number of aliphatic hydroxyl groups excluding tert-OH is 1. The van der Waals surface area contributed by atoms with Crippen molar-refractivity contribution in [1.29, 1.82) is 0 Å².